The topological polar surface area (TPSA) is 49.4 Å². The van der Waals surface area contributed by atoms with Crippen molar-refractivity contribution in [2.24, 2.45) is 0 Å². The van der Waals surface area contributed by atoms with Crippen molar-refractivity contribution < 1.29 is 12.8 Å². The number of halogens is 1. The van der Waals surface area contributed by atoms with Gasteiger partial charge in [0.05, 0.1) is 5.75 Å². The van der Waals surface area contributed by atoms with Gasteiger partial charge >= 0.3 is 0 Å². The molecule has 0 aromatic heterocycles. The molecule has 6 heteroatoms. The minimum Gasteiger partial charge on any atom is -0.295 e. The van der Waals surface area contributed by atoms with Crippen LogP contribution in [0, 0.1) is 5.82 Å². The molecule has 1 aliphatic heterocycles. The van der Waals surface area contributed by atoms with E-state index in [1.54, 1.807) is 13.0 Å². The average Bonchev–Trinajstić information content (AvgIpc) is 2.42. The van der Waals surface area contributed by atoms with Gasteiger partial charge in [0, 0.05) is 25.7 Å². The molecule has 1 N–H and O–H groups in total. The number of sulfonamides is 1. The van der Waals surface area contributed by atoms with Crippen LogP contribution in [0.25, 0.3) is 0 Å². The van der Waals surface area contributed by atoms with Gasteiger partial charge in [-0.2, -0.15) is 0 Å². The van der Waals surface area contributed by atoms with Crippen molar-refractivity contribution in [2.75, 3.05) is 25.4 Å². The lowest BCUT2D eigenvalue weighted by Crippen LogP contribution is -2.40. The number of rotatable bonds is 5. The van der Waals surface area contributed by atoms with Crippen molar-refractivity contribution in [1.82, 2.24) is 9.62 Å². The molecule has 2 rings (SSSR count). The van der Waals surface area contributed by atoms with Crippen molar-refractivity contribution in [3.05, 3.63) is 35.1 Å². The average molecular weight is 300 g/mol. The van der Waals surface area contributed by atoms with E-state index in [9.17, 15) is 12.8 Å². The van der Waals surface area contributed by atoms with Gasteiger partial charge in [-0.05, 0) is 43.5 Å². The number of hydrogen-bond acceptors (Lipinski definition) is 3. The highest BCUT2D eigenvalue weighted by Crippen LogP contribution is 2.29. The molecule has 0 bridgehead atoms. The first-order valence-corrected chi connectivity index (χ1v) is 8.58. The largest absolute Gasteiger partial charge is 0.295 e. The molecule has 0 spiro atoms. The zero-order valence-corrected chi connectivity index (χ0v) is 12.7. The number of nitrogens with zero attached hydrogens (tertiary/aromatic N) is 1. The predicted molar refractivity (Wildman–Crippen MR) is 77.6 cm³/mol. The Morgan fingerprint density at radius 1 is 1.45 bits per heavy atom. The number of hydrogen-bond donors (Lipinski definition) is 1. The lowest BCUT2D eigenvalue weighted by Gasteiger charge is -2.35. The monoisotopic (exact) mass is 300 g/mol. The summed E-state index contributed by atoms with van der Waals surface area (Å²) in [5.74, 6) is -0.125. The molecule has 0 radical (unpaired) electrons. The molecule has 1 aromatic carbocycles. The molecule has 0 amide bonds. The molecule has 1 aliphatic rings. The fourth-order valence-corrected chi connectivity index (χ4v) is 3.20. The summed E-state index contributed by atoms with van der Waals surface area (Å²) in [7, 11) is -3.14. The maximum Gasteiger partial charge on any atom is 0.211 e. The summed E-state index contributed by atoms with van der Waals surface area (Å²) in [6.07, 6.45) is 0.875. The van der Waals surface area contributed by atoms with Crippen LogP contribution in [0.15, 0.2) is 18.2 Å². The van der Waals surface area contributed by atoms with Crippen LogP contribution < -0.4 is 4.72 Å². The van der Waals surface area contributed by atoms with Crippen LogP contribution in [0.2, 0.25) is 0 Å². The minimum atomic E-state index is -3.14. The number of benzene rings is 1. The van der Waals surface area contributed by atoms with Gasteiger partial charge < -0.3 is 0 Å². The third-order valence-electron chi connectivity index (χ3n) is 3.88. The van der Waals surface area contributed by atoms with Gasteiger partial charge in [0.1, 0.15) is 5.82 Å². The van der Waals surface area contributed by atoms with Gasteiger partial charge in [0.25, 0.3) is 0 Å². The Bertz CT molecular complexity index is 575. The van der Waals surface area contributed by atoms with E-state index in [1.165, 1.54) is 11.6 Å². The third kappa shape index (κ3) is 3.56. The summed E-state index contributed by atoms with van der Waals surface area (Å²) >= 11 is 0. The minimum absolute atomic E-state index is 0.0938. The van der Waals surface area contributed by atoms with Crippen molar-refractivity contribution in [3.63, 3.8) is 0 Å². The summed E-state index contributed by atoms with van der Waals surface area (Å²) in [4.78, 5) is 2.18. The van der Waals surface area contributed by atoms with Crippen LogP contribution in [-0.2, 0) is 16.4 Å². The predicted octanol–water partition coefficient (Wildman–Crippen LogP) is 1.68. The Balaban J connectivity index is 1.99. The van der Waals surface area contributed by atoms with Gasteiger partial charge in [0.2, 0.25) is 10.0 Å². The molecule has 20 heavy (non-hydrogen) atoms. The Kier molecular flexibility index (Phi) is 4.78. The molecule has 1 unspecified atom stereocenters. The SMILES string of the molecule is CCS(=O)(=O)NCCN1CCc2ccc(F)cc2C1C. The fourth-order valence-electron chi connectivity index (χ4n) is 2.59. The molecular formula is C14H21FN2O2S. The normalized spacial score (nSPS) is 19.9. The van der Waals surface area contributed by atoms with Crippen LogP contribution in [0.5, 0.6) is 0 Å². The van der Waals surface area contributed by atoms with Crippen molar-refractivity contribution in [2.45, 2.75) is 26.3 Å². The van der Waals surface area contributed by atoms with Gasteiger partial charge in [-0.25, -0.2) is 17.5 Å². The van der Waals surface area contributed by atoms with Gasteiger partial charge in [0.15, 0.2) is 0 Å². The molecule has 0 aliphatic carbocycles. The lowest BCUT2D eigenvalue weighted by atomic mass is 9.93. The highest BCUT2D eigenvalue weighted by molar-refractivity contribution is 7.89. The molecule has 1 heterocycles. The van der Waals surface area contributed by atoms with Crippen LogP contribution in [0.4, 0.5) is 4.39 Å². The van der Waals surface area contributed by atoms with E-state index < -0.39 is 10.0 Å². The molecule has 4 nitrogen and oxygen atoms in total. The van der Waals surface area contributed by atoms with Crippen LogP contribution in [0.1, 0.15) is 31.0 Å². The lowest BCUT2D eigenvalue weighted by molar-refractivity contribution is 0.202. The second-order valence-corrected chi connectivity index (χ2v) is 7.20. The molecule has 112 valence electrons. The molecule has 1 atom stereocenters. The summed E-state index contributed by atoms with van der Waals surface area (Å²) < 4.78 is 38.7. The van der Waals surface area contributed by atoms with E-state index in [4.69, 9.17) is 0 Å². The first-order valence-electron chi connectivity index (χ1n) is 6.92. The van der Waals surface area contributed by atoms with Gasteiger partial charge in [-0.3, -0.25) is 4.90 Å². The van der Waals surface area contributed by atoms with Gasteiger partial charge in [-0.15, -0.1) is 0 Å². The second kappa shape index (κ2) is 6.20. The Hall–Kier alpha value is -0.980. The van der Waals surface area contributed by atoms with Crippen LogP contribution >= 0.6 is 0 Å². The highest BCUT2D eigenvalue weighted by Gasteiger charge is 2.24. The maximum absolute atomic E-state index is 13.3. The summed E-state index contributed by atoms with van der Waals surface area (Å²) in [5, 5.41) is 0. The van der Waals surface area contributed by atoms with E-state index in [0.717, 1.165) is 18.5 Å². The molecular weight excluding hydrogens is 279 g/mol. The molecule has 0 fully saturated rings. The second-order valence-electron chi connectivity index (χ2n) is 5.10. The fraction of sp³-hybridized carbons (Fsp3) is 0.571. The van der Waals surface area contributed by atoms with Crippen LogP contribution in [-0.4, -0.2) is 38.7 Å². The van der Waals surface area contributed by atoms with Gasteiger partial charge in [-0.1, -0.05) is 6.07 Å². The Morgan fingerprint density at radius 3 is 2.90 bits per heavy atom. The number of nitrogens with one attached hydrogen (secondary N) is 1. The van der Waals surface area contributed by atoms with Crippen molar-refractivity contribution in [3.8, 4) is 0 Å². The van der Waals surface area contributed by atoms with E-state index >= 15 is 0 Å². The quantitative estimate of drug-likeness (QED) is 0.900. The summed E-state index contributed by atoms with van der Waals surface area (Å²) in [6, 6.07) is 5.04. The Labute approximate surface area is 120 Å². The molecule has 0 saturated carbocycles. The molecule has 1 aromatic rings. The summed E-state index contributed by atoms with van der Waals surface area (Å²) in [5.41, 5.74) is 2.19. The standard InChI is InChI=1S/C14H21FN2O2S/c1-3-20(18,19)16-7-9-17-8-6-12-4-5-13(15)10-14(12)11(17)2/h4-5,10-11,16H,3,6-9H2,1-2H3. The third-order valence-corrected chi connectivity index (χ3v) is 5.28. The zero-order valence-electron chi connectivity index (χ0n) is 11.9. The van der Waals surface area contributed by atoms with E-state index in [-0.39, 0.29) is 17.6 Å². The van der Waals surface area contributed by atoms with E-state index in [1.807, 2.05) is 13.0 Å². The first-order chi connectivity index (χ1) is 9.43. The number of fused-ring (bicyclic) bond motifs is 1. The summed E-state index contributed by atoms with van der Waals surface area (Å²) in [6.45, 7) is 5.55. The Morgan fingerprint density at radius 2 is 2.20 bits per heavy atom. The van der Waals surface area contributed by atoms with Crippen molar-refractivity contribution >= 4 is 10.0 Å². The first kappa shape index (κ1) is 15.4. The van der Waals surface area contributed by atoms with Crippen LogP contribution in [0.3, 0.4) is 0 Å². The molecule has 0 saturated heterocycles. The van der Waals surface area contributed by atoms with Crippen molar-refractivity contribution in [1.29, 1.82) is 0 Å². The van der Waals surface area contributed by atoms with E-state index in [0.29, 0.717) is 13.1 Å². The smallest absolute Gasteiger partial charge is 0.211 e. The zero-order chi connectivity index (χ0) is 14.8. The highest BCUT2D eigenvalue weighted by atomic mass is 32.2. The maximum atomic E-state index is 13.3. The van der Waals surface area contributed by atoms with E-state index in [2.05, 4.69) is 9.62 Å².